The summed E-state index contributed by atoms with van der Waals surface area (Å²) in [5.41, 5.74) is 1.04. The molecule has 1 aromatic carbocycles. The van der Waals surface area contributed by atoms with Crippen molar-refractivity contribution in [3.63, 3.8) is 0 Å². The molecule has 1 aliphatic rings. The lowest BCUT2D eigenvalue weighted by Gasteiger charge is -2.18. The molecular weight excluding hydrogens is 347 g/mol. The lowest BCUT2D eigenvalue weighted by Crippen LogP contribution is -2.15. The summed E-state index contributed by atoms with van der Waals surface area (Å²) in [5.74, 6) is 1.15. The molecule has 0 radical (unpaired) electrons. The van der Waals surface area contributed by atoms with Gasteiger partial charge in [-0.05, 0) is 30.3 Å². The summed E-state index contributed by atoms with van der Waals surface area (Å²) in [6.45, 7) is 0.877. The molecule has 0 unspecified atom stereocenters. The molecule has 0 fully saturated rings. The molecule has 26 heavy (non-hydrogen) atoms. The number of alkyl halides is 3. The second-order valence-corrected chi connectivity index (χ2v) is 5.74. The van der Waals surface area contributed by atoms with Crippen LogP contribution in [0.25, 0.3) is 16.9 Å². The Morgan fingerprint density at radius 2 is 1.88 bits per heavy atom. The number of aromatic nitrogens is 2. The first-order valence-corrected chi connectivity index (χ1v) is 7.82. The van der Waals surface area contributed by atoms with E-state index >= 15 is 0 Å². The van der Waals surface area contributed by atoms with E-state index in [9.17, 15) is 13.2 Å². The van der Waals surface area contributed by atoms with Crippen LogP contribution in [0, 0.1) is 11.3 Å². The second kappa shape index (κ2) is 5.95. The minimum Gasteiger partial charge on any atom is -0.486 e. The standard InChI is InChI=1S/C18H12F3N3O2/c19-18(20,21)12-2-4-16-23-17(13(5-6-22)24(16)10-12)11-1-3-14-15(9-11)26-8-7-25-14/h1-4,9-10H,5,7-8H2. The smallest absolute Gasteiger partial charge is 0.417 e. The van der Waals surface area contributed by atoms with Gasteiger partial charge in [0, 0.05) is 11.8 Å². The first kappa shape index (κ1) is 16.3. The molecule has 2 aromatic heterocycles. The predicted octanol–water partition coefficient (Wildman–Crippen LogP) is 3.86. The molecule has 8 heteroatoms. The Labute approximate surface area is 146 Å². The normalized spacial score (nSPS) is 13.6. The number of nitriles is 1. The monoisotopic (exact) mass is 359 g/mol. The van der Waals surface area contributed by atoms with Gasteiger partial charge in [0.25, 0.3) is 0 Å². The molecule has 0 atom stereocenters. The van der Waals surface area contributed by atoms with Gasteiger partial charge in [-0.25, -0.2) is 4.98 Å². The van der Waals surface area contributed by atoms with Gasteiger partial charge in [-0.1, -0.05) is 0 Å². The van der Waals surface area contributed by atoms with Crippen molar-refractivity contribution in [2.75, 3.05) is 13.2 Å². The highest BCUT2D eigenvalue weighted by molar-refractivity contribution is 5.70. The van der Waals surface area contributed by atoms with E-state index in [-0.39, 0.29) is 6.42 Å². The fourth-order valence-electron chi connectivity index (χ4n) is 2.93. The summed E-state index contributed by atoms with van der Waals surface area (Å²) < 4.78 is 51.4. The Morgan fingerprint density at radius 1 is 1.12 bits per heavy atom. The van der Waals surface area contributed by atoms with Gasteiger partial charge in [0.1, 0.15) is 18.9 Å². The topological polar surface area (TPSA) is 59.5 Å². The highest BCUT2D eigenvalue weighted by Gasteiger charge is 2.31. The van der Waals surface area contributed by atoms with E-state index in [0.717, 1.165) is 12.3 Å². The Bertz CT molecular complexity index is 1030. The third-order valence-corrected chi connectivity index (χ3v) is 4.11. The number of imidazole rings is 1. The van der Waals surface area contributed by atoms with E-state index < -0.39 is 11.7 Å². The minimum absolute atomic E-state index is 0.0771. The quantitative estimate of drug-likeness (QED) is 0.697. The lowest BCUT2D eigenvalue weighted by molar-refractivity contribution is -0.137. The summed E-state index contributed by atoms with van der Waals surface area (Å²) in [4.78, 5) is 4.42. The zero-order valence-corrected chi connectivity index (χ0v) is 13.4. The Balaban J connectivity index is 1.89. The van der Waals surface area contributed by atoms with Crippen LogP contribution in [-0.4, -0.2) is 22.6 Å². The van der Waals surface area contributed by atoms with Gasteiger partial charge < -0.3 is 13.9 Å². The van der Waals surface area contributed by atoms with Gasteiger partial charge in [0.15, 0.2) is 11.5 Å². The van der Waals surface area contributed by atoms with Crippen molar-refractivity contribution >= 4 is 5.65 Å². The molecule has 0 bridgehead atoms. The molecule has 5 nitrogen and oxygen atoms in total. The van der Waals surface area contributed by atoms with Crippen molar-refractivity contribution < 1.29 is 22.6 Å². The fourth-order valence-corrected chi connectivity index (χ4v) is 2.93. The van der Waals surface area contributed by atoms with Gasteiger partial charge in [0.05, 0.1) is 29.4 Å². The van der Waals surface area contributed by atoms with Crippen molar-refractivity contribution in [3.05, 3.63) is 47.8 Å². The Morgan fingerprint density at radius 3 is 2.62 bits per heavy atom. The van der Waals surface area contributed by atoms with Gasteiger partial charge in [0.2, 0.25) is 0 Å². The van der Waals surface area contributed by atoms with E-state index in [1.54, 1.807) is 18.2 Å². The number of fused-ring (bicyclic) bond motifs is 2. The van der Waals surface area contributed by atoms with Crippen LogP contribution < -0.4 is 9.47 Å². The maximum absolute atomic E-state index is 13.0. The molecule has 0 saturated carbocycles. The van der Waals surface area contributed by atoms with E-state index in [1.807, 2.05) is 6.07 Å². The van der Waals surface area contributed by atoms with Crippen molar-refractivity contribution in [1.82, 2.24) is 9.38 Å². The van der Waals surface area contributed by atoms with Gasteiger partial charge in [-0.15, -0.1) is 0 Å². The molecule has 4 rings (SSSR count). The number of benzene rings is 1. The van der Waals surface area contributed by atoms with E-state index in [1.165, 1.54) is 10.5 Å². The predicted molar refractivity (Wildman–Crippen MR) is 85.9 cm³/mol. The number of hydrogen-bond donors (Lipinski definition) is 0. The molecular formula is C18H12F3N3O2. The number of nitrogens with zero attached hydrogens (tertiary/aromatic N) is 3. The third-order valence-electron chi connectivity index (χ3n) is 4.11. The second-order valence-electron chi connectivity index (χ2n) is 5.74. The molecule has 3 heterocycles. The maximum Gasteiger partial charge on any atom is 0.417 e. The van der Waals surface area contributed by atoms with Crippen LogP contribution in [0.2, 0.25) is 0 Å². The summed E-state index contributed by atoms with van der Waals surface area (Å²) in [7, 11) is 0. The first-order valence-electron chi connectivity index (χ1n) is 7.82. The largest absolute Gasteiger partial charge is 0.486 e. The van der Waals surface area contributed by atoms with Crippen molar-refractivity contribution in [2.45, 2.75) is 12.6 Å². The Kier molecular flexibility index (Phi) is 3.72. The summed E-state index contributed by atoms with van der Waals surface area (Å²) in [5, 5.41) is 9.13. The van der Waals surface area contributed by atoms with E-state index in [0.29, 0.717) is 47.3 Å². The maximum atomic E-state index is 13.0. The molecule has 0 N–H and O–H groups in total. The summed E-state index contributed by atoms with van der Waals surface area (Å²) in [6.07, 6.45) is -3.58. The highest BCUT2D eigenvalue weighted by atomic mass is 19.4. The molecule has 0 saturated heterocycles. The zero-order valence-electron chi connectivity index (χ0n) is 13.4. The number of halogens is 3. The lowest BCUT2D eigenvalue weighted by atomic mass is 10.1. The zero-order chi connectivity index (χ0) is 18.3. The van der Waals surface area contributed by atoms with Crippen LogP contribution in [-0.2, 0) is 12.6 Å². The van der Waals surface area contributed by atoms with Crippen LogP contribution in [0.4, 0.5) is 13.2 Å². The van der Waals surface area contributed by atoms with Crippen LogP contribution in [0.5, 0.6) is 11.5 Å². The van der Waals surface area contributed by atoms with Crippen molar-refractivity contribution in [3.8, 4) is 28.8 Å². The average Bonchev–Trinajstić information content (AvgIpc) is 2.99. The van der Waals surface area contributed by atoms with E-state index in [2.05, 4.69) is 4.98 Å². The minimum atomic E-state index is -4.47. The van der Waals surface area contributed by atoms with Crippen LogP contribution in [0.15, 0.2) is 36.5 Å². The van der Waals surface area contributed by atoms with Gasteiger partial charge in [-0.2, -0.15) is 18.4 Å². The molecule has 132 valence electrons. The van der Waals surface area contributed by atoms with Crippen molar-refractivity contribution in [2.24, 2.45) is 0 Å². The van der Waals surface area contributed by atoms with Crippen LogP contribution in [0.1, 0.15) is 11.3 Å². The Hall–Kier alpha value is -3.21. The van der Waals surface area contributed by atoms with E-state index in [4.69, 9.17) is 14.7 Å². The molecule has 1 aliphatic heterocycles. The molecule has 0 spiro atoms. The molecule has 0 amide bonds. The number of pyridine rings is 1. The number of ether oxygens (including phenoxy) is 2. The van der Waals surface area contributed by atoms with Crippen LogP contribution in [0.3, 0.4) is 0 Å². The fraction of sp³-hybridized carbons (Fsp3) is 0.222. The SMILES string of the molecule is N#CCc1c(-c2ccc3c(c2)OCCO3)nc2ccc(C(F)(F)F)cn12. The number of rotatable bonds is 2. The third kappa shape index (κ3) is 2.71. The summed E-state index contributed by atoms with van der Waals surface area (Å²) >= 11 is 0. The average molecular weight is 359 g/mol. The van der Waals surface area contributed by atoms with Gasteiger partial charge >= 0.3 is 6.18 Å². The molecule has 0 aliphatic carbocycles. The molecule has 3 aromatic rings. The van der Waals surface area contributed by atoms with Gasteiger partial charge in [-0.3, -0.25) is 0 Å². The highest BCUT2D eigenvalue weighted by Crippen LogP contribution is 2.36. The number of hydrogen-bond acceptors (Lipinski definition) is 4. The first-order chi connectivity index (χ1) is 12.5. The van der Waals surface area contributed by atoms with Crippen molar-refractivity contribution in [1.29, 1.82) is 5.26 Å². The van der Waals surface area contributed by atoms with Crippen LogP contribution >= 0.6 is 0 Å². The summed E-state index contributed by atoms with van der Waals surface area (Å²) in [6, 6.07) is 9.47.